The number of hydrogen-bond acceptors (Lipinski definition) is 5. The van der Waals surface area contributed by atoms with Crippen molar-refractivity contribution in [3.63, 3.8) is 0 Å². The van der Waals surface area contributed by atoms with Gasteiger partial charge in [-0.2, -0.15) is 0 Å². The number of hydrogen-bond donors (Lipinski definition) is 1. The summed E-state index contributed by atoms with van der Waals surface area (Å²) in [7, 11) is -3.64. The molecule has 1 N–H and O–H groups in total. The fourth-order valence-corrected chi connectivity index (χ4v) is 4.71. The van der Waals surface area contributed by atoms with Crippen molar-refractivity contribution in [2.45, 2.75) is 44.7 Å². The van der Waals surface area contributed by atoms with E-state index in [0.29, 0.717) is 25.5 Å². The monoisotopic (exact) mass is 432 g/mol. The minimum atomic E-state index is -3.64. The van der Waals surface area contributed by atoms with Crippen LogP contribution < -0.4 is 9.46 Å². The van der Waals surface area contributed by atoms with E-state index in [-0.39, 0.29) is 17.0 Å². The predicted octanol–water partition coefficient (Wildman–Crippen LogP) is 3.44. The van der Waals surface area contributed by atoms with E-state index >= 15 is 0 Å². The van der Waals surface area contributed by atoms with E-state index in [1.807, 2.05) is 27.7 Å². The third kappa shape index (κ3) is 5.82. The Labute approximate surface area is 180 Å². The lowest BCUT2D eigenvalue weighted by atomic mass is 10.0. The average Bonchev–Trinajstić information content (AvgIpc) is 2.71. The lowest BCUT2D eigenvalue weighted by Crippen LogP contribution is -2.43. The zero-order valence-electron chi connectivity index (χ0n) is 18.2. The molecule has 1 heterocycles. The van der Waals surface area contributed by atoms with Crippen LogP contribution in [0.3, 0.4) is 0 Å². The smallest absolute Gasteiger partial charge is 0.240 e. The summed E-state index contributed by atoms with van der Waals surface area (Å²) >= 11 is 0. The standard InChI is InChI=1S/C23H32N2O4S/c1-17(2)29-23-10-9-21(15-19(23)4)30(26,27)24-16-22(25-11-13-28-14-12-25)20-7-5-18(3)6-8-20/h5-10,15,17,22,24H,11-14,16H2,1-4H3. The van der Waals surface area contributed by atoms with Gasteiger partial charge in [0, 0.05) is 25.7 Å². The minimum Gasteiger partial charge on any atom is -0.491 e. The number of ether oxygens (including phenoxy) is 2. The van der Waals surface area contributed by atoms with Crippen molar-refractivity contribution in [3.05, 3.63) is 59.2 Å². The molecular weight excluding hydrogens is 400 g/mol. The summed E-state index contributed by atoms with van der Waals surface area (Å²) < 4.78 is 40.0. The van der Waals surface area contributed by atoms with Crippen LogP contribution >= 0.6 is 0 Å². The molecule has 1 aliphatic heterocycles. The Morgan fingerprint density at radius 1 is 1.07 bits per heavy atom. The Balaban J connectivity index is 1.78. The molecule has 0 bridgehead atoms. The molecule has 3 rings (SSSR count). The quantitative estimate of drug-likeness (QED) is 0.692. The molecule has 0 radical (unpaired) electrons. The Morgan fingerprint density at radius 3 is 2.33 bits per heavy atom. The molecule has 1 atom stereocenters. The largest absolute Gasteiger partial charge is 0.491 e. The average molecular weight is 433 g/mol. The normalized spacial score (nSPS) is 16.6. The Hall–Kier alpha value is -1.93. The Morgan fingerprint density at radius 2 is 1.73 bits per heavy atom. The van der Waals surface area contributed by atoms with Crippen molar-refractivity contribution in [3.8, 4) is 5.75 Å². The van der Waals surface area contributed by atoms with Crippen molar-refractivity contribution in [2.75, 3.05) is 32.8 Å². The summed E-state index contributed by atoms with van der Waals surface area (Å²) in [5, 5.41) is 0. The van der Waals surface area contributed by atoms with Crippen molar-refractivity contribution >= 4 is 10.0 Å². The number of benzene rings is 2. The van der Waals surface area contributed by atoms with Gasteiger partial charge in [0.15, 0.2) is 0 Å². The summed E-state index contributed by atoms with van der Waals surface area (Å²) in [6.45, 7) is 11.0. The fourth-order valence-electron chi connectivity index (χ4n) is 3.58. The van der Waals surface area contributed by atoms with Crippen LogP contribution in [0.25, 0.3) is 0 Å². The first-order chi connectivity index (χ1) is 14.3. The molecule has 0 spiro atoms. The molecular formula is C23H32N2O4S. The highest BCUT2D eigenvalue weighted by Gasteiger charge is 2.25. The summed E-state index contributed by atoms with van der Waals surface area (Å²) in [5.41, 5.74) is 3.08. The van der Waals surface area contributed by atoms with Gasteiger partial charge in [0.25, 0.3) is 0 Å². The van der Waals surface area contributed by atoms with Crippen LogP contribution in [0, 0.1) is 13.8 Å². The van der Waals surface area contributed by atoms with Crippen LogP contribution in [-0.4, -0.2) is 52.3 Å². The van der Waals surface area contributed by atoms with Crippen LogP contribution in [-0.2, 0) is 14.8 Å². The molecule has 0 aliphatic carbocycles. The van der Waals surface area contributed by atoms with Gasteiger partial charge < -0.3 is 9.47 Å². The van der Waals surface area contributed by atoms with Gasteiger partial charge in [0.05, 0.1) is 24.2 Å². The molecule has 2 aromatic rings. The number of aryl methyl sites for hydroxylation is 2. The van der Waals surface area contributed by atoms with E-state index in [9.17, 15) is 8.42 Å². The van der Waals surface area contributed by atoms with E-state index in [4.69, 9.17) is 9.47 Å². The number of nitrogens with zero attached hydrogens (tertiary/aromatic N) is 1. The topological polar surface area (TPSA) is 67.9 Å². The zero-order valence-corrected chi connectivity index (χ0v) is 19.0. The van der Waals surface area contributed by atoms with Crippen LogP contribution in [0.2, 0.25) is 0 Å². The molecule has 164 valence electrons. The second-order valence-corrected chi connectivity index (χ2v) is 9.79. The van der Waals surface area contributed by atoms with Gasteiger partial charge in [0.2, 0.25) is 10.0 Å². The highest BCUT2D eigenvalue weighted by atomic mass is 32.2. The Bertz CT molecular complexity index is 936. The molecule has 0 amide bonds. The summed E-state index contributed by atoms with van der Waals surface area (Å²) in [6, 6.07) is 13.2. The van der Waals surface area contributed by atoms with E-state index in [1.54, 1.807) is 18.2 Å². The zero-order chi connectivity index (χ0) is 21.7. The maximum absolute atomic E-state index is 13.0. The van der Waals surface area contributed by atoms with Crippen molar-refractivity contribution < 1.29 is 17.9 Å². The molecule has 1 saturated heterocycles. The first kappa shape index (κ1) is 22.7. The van der Waals surface area contributed by atoms with E-state index in [1.165, 1.54) is 5.56 Å². The molecule has 0 saturated carbocycles. The molecule has 2 aromatic carbocycles. The maximum atomic E-state index is 13.0. The minimum absolute atomic E-state index is 0.0353. The second-order valence-electron chi connectivity index (χ2n) is 8.02. The van der Waals surface area contributed by atoms with Crippen molar-refractivity contribution in [2.24, 2.45) is 0 Å². The SMILES string of the molecule is Cc1ccc(C(CNS(=O)(=O)c2ccc(OC(C)C)c(C)c2)N2CCOCC2)cc1. The highest BCUT2D eigenvalue weighted by molar-refractivity contribution is 7.89. The van der Waals surface area contributed by atoms with Gasteiger partial charge in [-0.1, -0.05) is 29.8 Å². The first-order valence-corrected chi connectivity index (χ1v) is 11.9. The van der Waals surface area contributed by atoms with E-state index in [2.05, 4.69) is 33.9 Å². The molecule has 7 heteroatoms. The number of morpholine rings is 1. The number of rotatable bonds is 8. The first-order valence-electron chi connectivity index (χ1n) is 10.4. The molecule has 1 unspecified atom stereocenters. The third-order valence-corrected chi connectivity index (χ3v) is 6.66. The highest BCUT2D eigenvalue weighted by Crippen LogP contribution is 2.25. The molecule has 1 fully saturated rings. The van der Waals surface area contributed by atoms with E-state index in [0.717, 1.165) is 24.2 Å². The van der Waals surface area contributed by atoms with E-state index < -0.39 is 10.0 Å². The van der Waals surface area contributed by atoms with Crippen LogP contribution in [0.4, 0.5) is 0 Å². The lowest BCUT2D eigenvalue weighted by Gasteiger charge is -2.35. The summed E-state index contributed by atoms with van der Waals surface area (Å²) in [4.78, 5) is 2.53. The second kappa shape index (κ2) is 9.92. The van der Waals surface area contributed by atoms with Gasteiger partial charge in [-0.3, -0.25) is 4.90 Å². The van der Waals surface area contributed by atoms with Gasteiger partial charge in [-0.05, 0) is 57.0 Å². The van der Waals surface area contributed by atoms with Crippen LogP contribution in [0.1, 0.15) is 36.6 Å². The molecule has 30 heavy (non-hydrogen) atoms. The van der Waals surface area contributed by atoms with Crippen LogP contribution in [0.15, 0.2) is 47.4 Å². The van der Waals surface area contributed by atoms with Gasteiger partial charge in [-0.25, -0.2) is 13.1 Å². The fraction of sp³-hybridized carbons (Fsp3) is 0.478. The third-order valence-electron chi connectivity index (χ3n) is 5.23. The van der Waals surface area contributed by atoms with Gasteiger partial charge >= 0.3 is 0 Å². The molecule has 6 nitrogen and oxygen atoms in total. The Kier molecular flexibility index (Phi) is 7.52. The van der Waals surface area contributed by atoms with Crippen LogP contribution in [0.5, 0.6) is 5.75 Å². The lowest BCUT2D eigenvalue weighted by molar-refractivity contribution is 0.0172. The van der Waals surface area contributed by atoms with Gasteiger partial charge in [0.1, 0.15) is 5.75 Å². The maximum Gasteiger partial charge on any atom is 0.240 e. The van der Waals surface area contributed by atoms with Gasteiger partial charge in [-0.15, -0.1) is 0 Å². The summed E-state index contributed by atoms with van der Waals surface area (Å²) in [5.74, 6) is 0.704. The number of sulfonamides is 1. The van der Waals surface area contributed by atoms with Crippen molar-refractivity contribution in [1.29, 1.82) is 0 Å². The predicted molar refractivity (Wildman–Crippen MR) is 118 cm³/mol. The number of nitrogens with one attached hydrogen (secondary N) is 1. The molecule has 0 aromatic heterocycles. The summed E-state index contributed by atoms with van der Waals surface area (Å²) in [6.07, 6.45) is 0.0353. The van der Waals surface area contributed by atoms with Crippen molar-refractivity contribution in [1.82, 2.24) is 9.62 Å². The molecule has 1 aliphatic rings.